The molecule has 0 saturated carbocycles. The summed E-state index contributed by atoms with van der Waals surface area (Å²) < 4.78 is 36.8. The number of alkyl halides is 4. The number of nitrogens with one attached hydrogen (secondary N) is 1. The summed E-state index contributed by atoms with van der Waals surface area (Å²) in [5.74, 6) is -1.35. The molecule has 0 aliphatic carbocycles. The molecule has 0 atom stereocenters. The van der Waals surface area contributed by atoms with Crippen LogP contribution in [0.25, 0.3) is 0 Å². The van der Waals surface area contributed by atoms with Gasteiger partial charge in [-0.15, -0.1) is 11.6 Å². The lowest BCUT2D eigenvalue weighted by molar-refractivity contribution is -0.137. The number of carbonyl (C=O) groups excluding carboxylic acids is 2. The fourth-order valence-electron chi connectivity index (χ4n) is 1.17. The average molecular weight is 280 g/mol. The van der Waals surface area contributed by atoms with Crippen LogP contribution in [-0.2, 0) is 15.8 Å². The molecule has 1 N–H and O–H groups in total. The maximum absolute atomic E-state index is 12.3. The number of Topliss-reactive ketones (excluding diaryl/α,β-unsaturated/α-hetero) is 1. The highest BCUT2D eigenvalue weighted by Crippen LogP contribution is 2.29. The number of hydrogen-bond acceptors (Lipinski definition) is 2. The first-order valence-electron chi connectivity index (χ1n) is 4.87. The van der Waals surface area contributed by atoms with Crippen molar-refractivity contribution in [3.63, 3.8) is 0 Å². The Balaban J connectivity index is 2.64. The van der Waals surface area contributed by atoms with Crippen molar-refractivity contribution >= 4 is 29.0 Å². The molecule has 1 amide bonds. The van der Waals surface area contributed by atoms with E-state index in [1.54, 1.807) is 0 Å². The molecule has 0 aromatic heterocycles. The summed E-state index contributed by atoms with van der Waals surface area (Å²) in [5.41, 5.74) is -0.618. The zero-order valence-electron chi connectivity index (χ0n) is 9.05. The quantitative estimate of drug-likeness (QED) is 0.680. The molecule has 0 unspecified atom stereocenters. The predicted octanol–water partition coefficient (Wildman–Crippen LogP) is 2.84. The van der Waals surface area contributed by atoms with Crippen molar-refractivity contribution in [2.75, 3.05) is 11.2 Å². The molecule has 0 aliphatic heterocycles. The lowest BCUT2D eigenvalue weighted by Crippen LogP contribution is -2.17. The smallest absolute Gasteiger partial charge is 0.326 e. The van der Waals surface area contributed by atoms with Gasteiger partial charge in [0.25, 0.3) is 0 Å². The molecule has 98 valence electrons. The second-order valence-electron chi connectivity index (χ2n) is 3.47. The average Bonchev–Trinajstić information content (AvgIpc) is 2.28. The Morgan fingerprint density at radius 2 is 1.72 bits per heavy atom. The molecule has 1 aromatic carbocycles. The molecule has 1 rings (SSSR count). The Hall–Kier alpha value is -1.56. The summed E-state index contributed by atoms with van der Waals surface area (Å²) in [5, 5.41) is 2.30. The van der Waals surface area contributed by atoms with Crippen molar-refractivity contribution in [3.05, 3.63) is 29.8 Å². The monoisotopic (exact) mass is 279 g/mol. The van der Waals surface area contributed by atoms with Crippen molar-refractivity contribution in [1.82, 2.24) is 0 Å². The number of carbonyl (C=O) groups is 2. The summed E-state index contributed by atoms with van der Waals surface area (Å²) in [7, 11) is 0. The van der Waals surface area contributed by atoms with Gasteiger partial charge in [0.15, 0.2) is 5.78 Å². The van der Waals surface area contributed by atoms with E-state index in [0.29, 0.717) is 0 Å². The molecule has 0 spiro atoms. The van der Waals surface area contributed by atoms with Crippen LogP contribution in [0.5, 0.6) is 0 Å². The summed E-state index contributed by atoms with van der Waals surface area (Å²) in [6.07, 6.45) is -4.82. The number of amides is 1. The summed E-state index contributed by atoms with van der Waals surface area (Å²) in [6, 6.07) is 3.93. The van der Waals surface area contributed by atoms with Crippen LogP contribution in [0.2, 0.25) is 0 Å². The normalized spacial score (nSPS) is 11.1. The Kier molecular flexibility index (Phi) is 4.72. The first kappa shape index (κ1) is 14.5. The molecule has 1 aromatic rings. The molecule has 0 heterocycles. The molecule has 7 heteroatoms. The van der Waals surface area contributed by atoms with Crippen LogP contribution in [0.1, 0.15) is 12.0 Å². The molecule has 3 nitrogen and oxygen atoms in total. The van der Waals surface area contributed by atoms with Crippen LogP contribution >= 0.6 is 11.6 Å². The SMILES string of the molecule is O=C(CCl)CC(=O)Nc1ccc(C(F)(F)F)cc1. The predicted molar refractivity (Wildman–Crippen MR) is 60.4 cm³/mol. The van der Waals surface area contributed by atoms with Crippen molar-refractivity contribution in [1.29, 1.82) is 0 Å². The topological polar surface area (TPSA) is 46.2 Å². The first-order valence-corrected chi connectivity index (χ1v) is 5.41. The van der Waals surface area contributed by atoms with Gasteiger partial charge < -0.3 is 5.32 Å². The third-order valence-electron chi connectivity index (χ3n) is 2.00. The van der Waals surface area contributed by atoms with Gasteiger partial charge in [0.05, 0.1) is 17.9 Å². The minimum absolute atomic E-state index is 0.190. The van der Waals surface area contributed by atoms with Gasteiger partial charge >= 0.3 is 6.18 Å². The number of anilines is 1. The van der Waals surface area contributed by atoms with Gasteiger partial charge in [-0.1, -0.05) is 0 Å². The molecule has 0 radical (unpaired) electrons. The number of hydrogen-bond donors (Lipinski definition) is 1. The van der Waals surface area contributed by atoms with Crippen LogP contribution in [-0.4, -0.2) is 17.6 Å². The van der Waals surface area contributed by atoms with Gasteiger partial charge in [-0.2, -0.15) is 13.2 Å². The minimum Gasteiger partial charge on any atom is -0.326 e. The van der Waals surface area contributed by atoms with Gasteiger partial charge in [0, 0.05) is 5.69 Å². The van der Waals surface area contributed by atoms with Crippen LogP contribution in [0, 0.1) is 0 Å². The zero-order valence-corrected chi connectivity index (χ0v) is 9.81. The molecule has 0 bridgehead atoms. The van der Waals surface area contributed by atoms with E-state index in [1.165, 1.54) is 0 Å². The van der Waals surface area contributed by atoms with Gasteiger partial charge in [0.2, 0.25) is 5.91 Å². The van der Waals surface area contributed by atoms with Crippen molar-refractivity contribution < 1.29 is 22.8 Å². The molecule has 0 saturated heterocycles. The molecule has 18 heavy (non-hydrogen) atoms. The third kappa shape index (κ3) is 4.37. The molecule has 0 aliphatic rings. The van der Waals surface area contributed by atoms with E-state index in [9.17, 15) is 22.8 Å². The number of rotatable bonds is 4. The Labute approximate surface area is 106 Å². The third-order valence-corrected chi connectivity index (χ3v) is 2.30. The lowest BCUT2D eigenvalue weighted by Gasteiger charge is -2.08. The summed E-state index contributed by atoms with van der Waals surface area (Å²) >= 11 is 5.22. The van der Waals surface area contributed by atoms with Gasteiger partial charge in [-0.05, 0) is 24.3 Å². The maximum atomic E-state index is 12.3. The Bertz CT molecular complexity index is 443. The van der Waals surface area contributed by atoms with Crippen LogP contribution in [0.3, 0.4) is 0 Å². The second kappa shape index (κ2) is 5.86. The highest BCUT2D eigenvalue weighted by molar-refractivity contribution is 6.29. The molecule has 0 fully saturated rings. The van der Waals surface area contributed by atoms with E-state index in [0.717, 1.165) is 24.3 Å². The highest BCUT2D eigenvalue weighted by atomic mass is 35.5. The maximum Gasteiger partial charge on any atom is 0.416 e. The van der Waals surface area contributed by atoms with E-state index in [2.05, 4.69) is 5.32 Å². The van der Waals surface area contributed by atoms with Gasteiger partial charge in [0.1, 0.15) is 0 Å². The highest BCUT2D eigenvalue weighted by Gasteiger charge is 2.29. The standard InChI is InChI=1S/C11H9ClF3NO2/c12-6-9(17)5-10(18)16-8-3-1-7(2-4-8)11(13,14)15/h1-4H,5-6H2,(H,16,18). The number of benzene rings is 1. The van der Waals surface area contributed by atoms with Crippen LogP contribution in [0.15, 0.2) is 24.3 Å². The molecular weight excluding hydrogens is 271 g/mol. The van der Waals surface area contributed by atoms with Crippen LogP contribution < -0.4 is 5.32 Å². The Morgan fingerprint density at radius 1 is 1.17 bits per heavy atom. The van der Waals surface area contributed by atoms with E-state index >= 15 is 0 Å². The largest absolute Gasteiger partial charge is 0.416 e. The van der Waals surface area contributed by atoms with Crippen molar-refractivity contribution in [3.8, 4) is 0 Å². The summed E-state index contributed by atoms with van der Waals surface area (Å²) in [4.78, 5) is 22.1. The number of halogens is 4. The van der Waals surface area contributed by atoms with Gasteiger partial charge in [-0.3, -0.25) is 9.59 Å². The lowest BCUT2D eigenvalue weighted by atomic mass is 10.2. The zero-order chi connectivity index (χ0) is 13.8. The second-order valence-corrected chi connectivity index (χ2v) is 3.74. The van der Waals surface area contributed by atoms with E-state index in [4.69, 9.17) is 11.6 Å². The van der Waals surface area contributed by atoms with Gasteiger partial charge in [-0.25, -0.2) is 0 Å². The van der Waals surface area contributed by atoms with Crippen molar-refractivity contribution in [2.24, 2.45) is 0 Å². The molecular formula is C11H9ClF3NO2. The fourth-order valence-corrected chi connectivity index (χ4v) is 1.27. The number of ketones is 1. The van der Waals surface area contributed by atoms with E-state index < -0.39 is 29.9 Å². The van der Waals surface area contributed by atoms with Crippen LogP contribution in [0.4, 0.5) is 18.9 Å². The first-order chi connectivity index (χ1) is 8.32. The Morgan fingerprint density at radius 3 is 2.17 bits per heavy atom. The fraction of sp³-hybridized carbons (Fsp3) is 0.273. The van der Waals surface area contributed by atoms with E-state index in [-0.39, 0.29) is 11.6 Å². The minimum atomic E-state index is -4.42. The summed E-state index contributed by atoms with van der Waals surface area (Å²) in [6.45, 7) is 0. The van der Waals surface area contributed by atoms with E-state index in [1.807, 2.05) is 0 Å². The van der Waals surface area contributed by atoms with Crippen molar-refractivity contribution in [2.45, 2.75) is 12.6 Å².